The van der Waals surface area contributed by atoms with Crippen LogP contribution in [0.5, 0.6) is 5.75 Å². The summed E-state index contributed by atoms with van der Waals surface area (Å²) in [6.07, 6.45) is 7.20. The second-order valence-corrected chi connectivity index (χ2v) is 7.51. The number of halogens is 1. The van der Waals surface area contributed by atoms with Gasteiger partial charge in [0.15, 0.2) is 0 Å². The molecule has 4 rings (SSSR count). The summed E-state index contributed by atoms with van der Waals surface area (Å²) in [7, 11) is 1.70. The quantitative estimate of drug-likeness (QED) is 0.773. The van der Waals surface area contributed by atoms with E-state index in [1.807, 2.05) is 12.3 Å². The first kappa shape index (κ1) is 18.1. The summed E-state index contributed by atoms with van der Waals surface area (Å²) in [5, 5.41) is 0. The van der Waals surface area contributed by atoms with Crippen LogP contribution in [0.4, 0.5) is 4.39 Å². The molecule has 2 aliphatic rings. The van der Waals surface area contributed by atoms with Crippen molar-refractivity contribution in [2.45, 2.75) is 38.3 Å². The monoisotopic (exact) mass is 367 g/mol. The van der Waals surface area contributed by atoms with Crippen LogP contribution in [-0.2, 0) is 6.42 Å². The Morgan fingerprint density at radius 3 is 2.93 bits per heavy atom. The van der Waals surface area contributed by atoms with Gasteiger partial charge in [-0.25, -0.2) is 4.39 Å². The second kappa shape index (κ2) is 7.77. The number of hydrogen-bond donors (Lipinski definition) is 0. The first-order valence-electron chi connectivity index (χ1n) is 9.67. The highest BCUT2D eigenvalue weighted by atomic mass is 19.1. The molecule has 1 aromatic carbocycles. The lowest BCUT2D eigenvalue weighted by molar-refractivity contribution is 0.290. The van der Waals surface area contributed by atoms with Crippen LogP contribution >= 0.6 is 0 Å². The number of methoxy groups -OCH3 is 1. The van der Waals surface area contributed by atoms with Gasteiger partial charge < -0.3 is 9.64 Å². The summed E-state index contributed by atoms with van der Waals surface area (Å²) in [6, 6.07) is 6.33. The normalized spacial score (nSPS) is 20.8. The lowest BCUT2D eigenvalue weighted by Gasteiger charge is -2.19. The van der Waals surface area contributed by atoms with Crippen LogP contribution in [0.15, 0.2) is 42.4 Å². The number of fused-ring (bicyclic) bond motifs is 1. The Morgan fingerprint density at radius 1 is 1.33 bits per heavy atom. The molecule has 27 heavy (non-hydrogen) atoms. The molecule has 0 saturated carbocycles. The number of benzene rings is 1. The number of alkyl halides is 1. The van der Waals surface area contributed by atoms with E-state index in [0.29, 0.717) is 13.0 Å². The minimum absolute atomic E-state index is 0.177. The molecule has 1 aromatic heterocycles. The van der Waals surface area contributed by atoms with Gasteiger partial charge >= 0.3 is 0 Å². The molecule has 0 radical (unpaired) electrons. The molecule has 142 valence electrons. The highest BCUT2D eigenvalue weighted by Gasteiger charge is 2.28. The molecule has 1 aliphatic carbocycles. The van der Waals surface area contributed by atoms with E-state index in [1.54, 1.807) is 19.5 Å². The zero-order valence-electron chi connectivity index (χ0n) is 16.0. The van der Waals surface area contributed by atoms with Gasteiger partial charge in [0, 0.05) is 44.1 Å². The minimum Gasteiger partial charge on any atom is -0.497 e. The fourth-order valence-electron chi connectivity index (χ4n) is 4.35. The zero-order chi connectivity index (χ0) is 18.8. The maximum atomic E-state index is 13.5. The van der Waals surface area contributed by atoms with Crippen molar-refractivity contribution in [3.8, 4) is 5.75 Å². The van der Waals surface area contributed by atoms with Gasteiger partial charge in [-0.15, -0.1) is 0 Å². The molecule has 1 fully saturated rings. The molecule has 1 aliphatic heterocycles. The molecule has 2 unspecified atom stereocenters. The van der Waals surface area contributed by atoms with Crippen LogP contribution in [0.25, 0.3) is 5.57 Å². The summed E-state index contributed by atoms with van der Waals surface area (Å²) in [6.45, 7) is 4.55. The molecule has 0 amide bonds. The van der Waals surface area contributed by atoms with E-state index in [4.69, 9.17) is 4.74 Å². The second-order valence-electron chi connectivity index (χ2n) is 7.51. The Labute approximate surface area is 160 Å². The number of ether oxygens (including phenoxy) is 1. The van der Waals surface area contributed by atoms with Gasteiger partial charge in [0.25, 0.3) is 0 Å². The van der Waals surface area contributed by atoms with Crippen molar-refractivity contribution in [3.63, 3.8) is 0 Å². The van der Waals surface area contributed by atoms with Crippen molar-refractivity contribution in [2.24, 2.45) is 0 Å². The van der Waals surface area contributed by atoms with Crippen LogP contribution < -0.4 is 4.74 Å². The number of likely N-dealkylation sites (tertiary alicyclic amines) is 1. The number of aromatic nitrogens is 2. The molecule has 0 N–H and O–H groups in total. The van der Waals surface area contributed by atoms with Crippen molar-refractivity contribution < 1.29 is 9.13 Å². The Balaban J connectivity index is 1.63. The van der Waals surface area contributed by atoms with Gasteiger partial charge in [-0.2, -0.15) is 0 Å². The van der Waals surface area contributed by atoms with Gasteiger partial charge in [-0.05, 0) is 48.1 Å². The van der Waals surface area contributed by atoms with Crippen molar-refractivity contribution >= 4 is 5.57 Å². The molecule has 5 heteroatoms. The third kappa shape index (κ3) is 3.74. The average molecular weight is 367 g/mol. The Morgan fingerprint density at radius 2 is 2.22 bits per heavy atom. The Kier molecular flexibility index (Phi) is 5.21. The zero-order valence-corrected chi connectivity index (χ0v) is 16.0. The molecular weight excluding hydrogens is 341 g/mol. The Bertz CT molecular complexity index is 837. The van der Waals surface area contributed by atoms with E-state index in [-0.39, 0.29) is 5.92 Å². The molecule has 1 saturated heterocycles. The highest BCUT2D eigenvalue weighted by Crippen LogP contribution is 2.43. The van der Waals surface area contributed by atoms with Crippen LogP contribution in [0, 0.1) is 0 Å². The predicted octanol–water partition coefficient (Wildman–Crippen LogP) is 4.03. The molecule has 2 atom stereocenters. The van der Waals surface area contributed by atoms with E-state index in [9.17, 15) is 4.39 Å². The van der Waals surface area contributed by atoms with Gasteiger partial charge in [0.05, 0.1) is 12.8 Å². The fourth-order valence-corrected chi connectivity index (χ4v) is 4.35. The van der Waals surface area contributed by atoms with Crippen molar-refractivity contribution in [1.82, 2.24) is 14.9 Å². The van der Waals surface area contributed by atoms with E-state index < -0.39 is 6.17 Å². The number of hydrogen-bond acceptors (Lipinski definition) is 4. The average Bonchev–Trinajstić information content (AvgIpc) is 3.28. The third-order valence-electron chi connectivity index (χ3n) is 5.79. The SMILES string of the molecule is COc1ccc2c(c1)CC(CCN1CCC(F)C1)=C2C(C)c1cnccn1. The van der Waals surface area contributed by atoms with Crippen LogP contribution in [0.2, 0.25) is 0 Å². The van der Waals surface area contributed by atoms with Crippen molar-refractivity contribution in [3.05, 3.63) is 59.2 Å². The number of nitrogens with zero attached hydrogens (tertiary/aromatic N) is 3. The van der Waals surface area contributed by atoms with Gasteiger partial charge in [-0.3, -0.25) is 9.97 Å². The molecular formula is C22H26FN3O. The van der Waals surface area contributed by atoms with Gasteiger partial charge in [0.1, 0.15) is 11.9 Å². The number of allylic oxidation sites excluding steroid dienone is 1. The largest absolute Gasteiger partial charge is 0.497 e. The topological polar surface area (TPSA) is 38.2 Å². The summed E-state index contributed by atoms with van der Waals surface area (Å²) >= 11 is 0. The smallest absolute Gasteiger partial charge is 0.119 e. The minimum atomic E-state index is -0.665. The summed E-state index contributed by atoms with van der Waals surface area (Å²) in [5.74, 6) is 1.07. The van der Waals surface area contributed by atoms with Crippen LogP contribution in [0.1, 0.15) is 42.5 Å². The maximum absolute atomic E-state index is 13.5. The fraction of sp³-hybridized carbons (Fsp3) is 0.455. The van der Waals surface area contributed by atoms with Crippen LogP contribution in [-0.4, -0.2) is 47.8 Å². The van der Waals surface area contributed by atoms with Crippen molar-refractivity contribution in [1.29, 1.82) is 0 Å². The standard InChI is InChI=1S/C22H26FN3O/c1-15(21-13-24-7-8-25-21)22-16(5-9-26-10-6-18(23)14-26)11-17-12-19(27-2)3-4-20(17)22/h3-4,7-8,12-13,15,18H,5-6,9-11,14H2,1-2H3. The van der Waals surface area contributed by atoms with E-state index in [2.05, 4.69) is 33.9 Å². The molecule has 0 spiro atoms. The van der Waals surface area contributed by atoms with Gasteiger partial charge in [0.2, 0.25) is 0 Å². The molecule has 2 aromatic rings. The van der Waals surface area contributed by atoms with Gasteiger partial charge in [-0.1, -0.05) is 18.6 Å². The first-order chi connectivity index (χ1) is 13.2. The van der Waals surface area contributed by atoms with E-state index >= 15 is 0 Å². The van der Waals surface area contributed by atoms with Crippen LogP contribution in [0.3, 0.4) is 0 Å². The summed E-state index contributed by atoms with van der Waals surface area (Å²) < 4.78 is 18.9. The van der Waals surface area contributed by atoms with E-state index in [0.717, 1.165) is 37.4 Å². The lowest BCUT2D eigenvalue weighted by Crippen LogP contribution is -2.22. The summed E-state index contributed by atoms with van der Waals surface area (Å²) in [4.78, 5) is 11.0. The Hall–Kier alpha value is -2.27. The number of rotatable bonds is 6. The first-order valence-corrected chi connectivity index (χ1v) is 9.67. The molecule has 0 bridgehead atoms. The highest BCUT2D eigenvalue weighted by molar-refractivity contribution is 5.80. The molecule has 4 nitrogen and oxygen atoms in total. The van der Waals surface area contributed by atoms with E-state index in [1.165, 1.54) is 22.3 Å². The lowest BCUT2D eigenvalue weighted by atomic mass is 9.90. The van der Waals surface area contributed by atoms with Crippen molar-refractivity contribution in [2.75, 3.05) is 26.7 Å². The summed E-state index contributed by atoms with van der Waals surface area (Å²) in [5.41, 5.74) is 6.36. The molecule has 2 heterocycles. The maximum Gasteiger partial charge on any atom is 0.119 e. The predicted molar refractivity (Wildman–Crippen MR) is 105 cm³/mol. The third-order valence-corrected chi connectivity index (χ3v) is 5.79.